The molecule has 0 aliphatic carbocycles. The summed E-state index contributed by atoms with van der Waals surface area (Å²) in [6.07, 6.45) is 6.98. The molecular formula is C25H28N4O4. The molecule has 0 saturated carbocycles. The lowest BCUT2D eigenvalue weighted by atomic mass is 10.0. The highest BCUT2D eigenvalue weighted by atomic mass is 16.5. The number of aromatic amines is 1. The van der Waals surface area contributed by atoms with Gasteiger partial charge in [0.15, 0.2) is 0 Å². The molecule has 0 aliphatic heterocycles. The minimum atomic E-state index is -0.728. The number of fused-ring (bicyclic) bond motifs is 1. The Hall–Kier alpha value is -3.91. The minimum absolute atomic E-state index is 0.227. The third-order valence-electron chi connectivity index (χ3n) is 5.26. The van der Waals surface area contributed by atoms with Crippen LogP contribution in [0.1, 0.15) is 41.3 Å². The first-order chi connectivity index (χ1) is 16.0. The molecule has 3 rings (SSSR count). The van der Waals surface area contributed by atoms with Crippen LogP contribution < -0.4 is 16.1 Å². The zero-order valence-electron chi connectivity index (χ0n) is 18.4. The van der Waals surface area contributed by atoms with Gasteiger partial charge in [-0.2, -0.15) is 0 Å². The Morgan fingerprint density at radius 2 is 1.85 bits per heavy atom. The fourth-order valence-electron chi connectivity index (χ4n) is 3.44. The first-order valence-corrected chi connectivity index (χ1v) is 10.9. The maximum absolute atomic E-state index is 12.8. The number of nitrogens with one attached hydrogen (secondary N) is 4. The summed E-state index contributed by atoms with van der Waals surface area (Å²) in [6.45, 7) is 2.60. The van der Waals surface area contributed by atoms with Gasteiger partial charge in [-0.15, -0.1) is 0 Å². The van der Waals surface area contributed by atoms with Gasteiger partial charge in [0.05, 0.1) is 0 Å². The van der Waals surface area contributed by atoms with E-state index in [0.717, 1.165) is 29.3 Å². The van der Waals surface area contributed by atoms with Gasteiger partial charge in [0.2, 0.25) is 11.8 Å². The molecule has 5 N–H and O–H groups in total. The molecule has 0 radical (unpaired) electrons. The van der Waals surface area contributed by atoms with Crippen molar-refractivity contribution in [2.75, 3.05) is 6.54 Å². The van der Waals surface area contributed by atoms with E-state index in [4.69, 9.17) is 5.21 Å². The predicted octanol–water partition coefficient (Wildman–Crippen LogP) is 2.94. The summed E-state index contributed by atoms with van der Waals surface area (Å²) in [4.78, 5) is 40.0. The van der Waals surface area contributed by atoms with Gasteiger partial charge in [0.1, 0.15) is 6.04 Å². The third-order valence-corrected chi connectivity index (χ3v) is 5.26. The lowest BCUT2D eigenvalue weighted by Crippen LogP contribution is -2.47. The molecule has 0 unspecified atom stereocenters. The molecule has 1 atom stereocenters. The highest BCUT2D eigenvalue weighted by molar-refractivity contribution is 5.96. The average Bonchev–Trinajstić information content (AvgIpc) is 3.25. The van der Waals surface area contributed by atoms with Crippen LogP contribution in [0.25, 0.3) is 17.0 Å². The quantitative estimate of drug-likeness (QED) is 0.142. The van der Waals surface area contributed by atoms with E-state index in [0.29, 0.717) is 24.1 Å². The van der Waals surface area contributed by atoms with Crippen LogP contribution in [-0.4, -0.2) is 40.5 Å². The van der Waals surface area contributed by atoms with Crippen LogP contribution in [0.15, 0.2) is 60.8 Å². The van der Waals surface area contributed by atoms with Crippen LogP contribution in [0.2, 0.25) is 0 Å². The molecule has 0 fully saturated rings. The molecule has 3 amide bonds. The number of para-hydroxylation sites is 1. The van der Waals surface area contributed by atoms with Crippen LogP contribution in [0.5, 0.6) is 0 Å². The summed E-state index contributed by atoms with van der Waals surface area (Å²) in [6, 6.07) is 13.5. The highest BCUT2D eigenvalue weighted by Gasteiger charge is 2.21. The van der Waals surface area contributed by atoms with Crippen LogP contribution in [0.4, 0.5) is 0 Å². The number of hydrogen-bond acceptors (Lipinski definition) is 4. The van der Waals surface area contributed by atoms with E-state index in [1.165, 1.54) is 18.2 Å². The Kier molecular flexibility index (Phi) is 8.37. The van der Waals surface area contributed by atoms with Crippen molar-refractivity contribution in [3.8, 4) is 0 Å². The molecule has 1 heterocycles. The summed E-state index contributed by atoms with van der Waals surface area (Å²) in [5, 5.41) is 15.4. The molecule has 0 saturated heterocycles. The standard InChI is InChI=1S/C25H28N4O4/c1-2-3-14-26-25(32)22(15-19-16-27-21-7-5-4-6-20(19)21)28-23(30)13-10-17-8-11-18(12-9-17)24(31)29-33/h4-13,16,22,27,33H,2-3,14-15H2,1H3,(H,26,32)(H,28,30)(H,29,31)/b13-10+/t22-/m0/s1. The Morgan fingerprint density at radius 3 is 2.58 bits per heavy atom. The summed E-state index contributed by atoms with van der Waals surface area (Å²) in [7, 11) is 0. The normalized spacial score (nSPS) is 11.9. The van der Waals surface area contributed by atoms with Crippen molar-refractivity contribution < 1.29 is 19.6 Å². The van der Waals surface area contributed by atoms with E-state index in [2.05, 4.69) is 15.6 Å². The number of hydrogen-bond donors (Lipinski definition) is 5. The number of amides is 3. The average molecular weight is 449 g/mol. The maximum Gasteiger partial charge on any atom is 0.274 e. The summed E-state index contributed by atoms with van der Waals surface area (Å²) in [5.41, 5.74) is 4.48. The van der Waals surface area contributed by atoms with Crippen LogP contribution in [0.3, 0.4) is 0 Å². The van der Waals surface area contributed by atoms with Gasteiger partial charge in [-0.05, 0) is 41.8 Å². The molecule has 172 valence electrons. The SMILES string of the molecule is CCCCNC(=O)[C@H](Cc1c[nH]c2ccccc12)NC(=O)/C=C/c1ccc(C(=O)NO)cc1. The number of carbonyl (C=O) groups excluding carboxylic acids is 3. The number of rotatable bonds is 10. The number of benzene rings is 2. The predicted molar refractivity (Wildman–Crippen MR) is 127 cm³/mol. The second-order valence-electron chi connectivity index (χ2n) is 7.67. The fraction of sp³-hybridized carbons (Fsp3) is 0.240. The second-order valence-corrected chi connectivity index (χ2v) is 7.67. The molecule has 1 aromatic heterocycles. The third kappa shape index (κ3) is 6.54. The van der Waals surface area contributed by atoms with Crippen molar-refractivity contribution >= 4 is 34.7 Å². The number of unbranched alkanes of at least 4 members (excludes halogenated alkanes) is 1. The summed E-state index contributed by atoms with van der Waals surface area (Å²) < 4.78 is 0. The van der Waals surface area contributed by atoms with Gasteiger partial charge >= 0.3 is 0 Å². The molecule has 2 aromatic carbocycles. The van der Waals surface area contributed by atoms with Crippen molar-refractivity contribution in [2.24, 2.45) is 0 Å². The molecule has 0 spiro atoms. The Labute approximate surface area is 192 Å². The van der Waals surface area contributed by atoms with Crippen LogP contribution >= 0.6 is 0 Å². The van der Waals surface area contributed by atoms with E-state index >= 15 is 0 Å². The van der Waals surface area contributed by atoms with Crippen molar-refractivity contribution in [1.29, 1.82) is 0 Å². The van der Waals surface area contributed by atoms with Gasteiger partial charge in [-0.1, -0.05) is 43.7 Å². The lowest BCUT2D eigenvalue weighted by molar-refractivity contribution is -0.127. The minimum Gasteiger partial charge on any atom is -0.361 e. The zero-order valence-corrected chi connectivity index (χ0v) is 18.4. The van der Waals surface area contributed by atoms with Crippen molar-refractivity contribution in [2.45, 2.75) is 32.2 Å². The fourth-order valence-corrected chi connectivity index (χ4v) is 3.44. The van der Waals surface area contributed by atoms with E-state index in [1.54, 1.807) is 23.7 Å². The van der Waals surface area contributed by atoms with Crippen molar-refractivity contribution in [1.82, 2.24) is 21.1 Å². The first-order valence-electron chi connectivity index (χ1n) is 10.9. The number of aromatic nitrogens is 1. The number of carbonyl (C=O) groups is 3. The van der Waals surface area contributed by atoms with Crippen molar-refractivity contribution in [3.63, 3.8) is 0 Å². The van der Waals surface area contributed by atoms with Crippen LogP contribution in [0, 0.1) is 0 Å². The Bertz CT molecular complexity index is 1130. The summed E-state index contributed by atoms with van der Waals surface area (Å²) >= 11 is 0. The van der Waals surface area contributed by atoms with Gasteiger partial charge in [-0.25, -0.2) is 5.48 Å². The second kappa shape index (κ2) is 11.6. The summed E-state index contributed by atoms with van der Waals surface area (Å²) in [5.74, 6) is -1.24. The smallest absolute Gasteiger partial charge is 0.274 e. The maximum atomic E-state index is 12.8. The lowest BCUT2D eigenvalue weighted by Gasteiger charge is -2.17. The Morgan fingerprint density at radius 1 is 1.09 bits per heavy atom. The molecule has 0 bridgehead atoms. The molecule has 33 heavy (non-hydrogen) atoms. The number of H-pyrrole nitrogens is 1. The monoisotopic (exact) mass is 448 g/mol. The van der Waals surface area contributed by atoms with E-state index in [-0.39, 0.29) is 5.91 Å². The zero-order chi connectivity index (χ0) is 23.6. The first kappa shape index (κ1) is 23.7. The Balaban J connectivity index is 1.70. The van der Waals surface area contributed by atoms with Gasteiger partial charge < -0.3 is 15.6 Å². The topological polar surface area (TPSA) is 123 Å². The molecule has 0 aliphatic rings. The molecular weight excluding hydrogens is 420 g/mol. The van der Waals surface area contributed by atoms with Crippen molar-refractivity contribution in [3.05, 3.63) is 77.5 Å². The van der Waals surface area contributed by atoms with Gasteiger partial charge in [0.25, 0.3) is 5.91 Å². The van der Waals surface area contributed by atoms with E-state index in [1.807, 2.05) is 37.4 Å². The molecule has 8 nitrogen and oxygen atoms in total. The van der Waals surface area contributed by atoms with Gasteiger partial charge in [0, 0.05) is 41.7 Å². The van der Waals surface area contributed by atoms with E-state index in [9.17, 15) is 14.4 Å². The van der Waals surface area contributed by atoms with Gasteiger partial charge in [-0.3, -0.25) is 19.6 Å². The molecule has 8 heteroatoms. The highest BCUT2D eigenvalue weighted by Crippen LogP contribution is 2.19. The number of hydroxylamine groups is 1. The molecule has 3 aromatic rings. The van der Waals surface area contributed by atoms with Crippen LogP contribution in [-0.2, 0) is 16.0 Å². The van der Waals surface area contributed by atoms with E-state index < -0.39 is 17.9 Å². The largest absolute Gasteiger partial charge is 0.361 e.